The lowest BCUT2D eigenvalue weighted by Crippen LogP contribution is -2.21. The van der Waals surface area contributed by atoms with E-state index in [1.165, 1.54) is 44.2 Å². The van der Waals surface area contributed by atoms with E-state index in [0.29, 0.717) is 0 Å². The van der Waals surface area contributed by atoms with Gasteiger partial charge >= 0.3 is 12.6 Å². The third-order valence-electron chi connectivity index (χ3n) is 3.58. The molecule has 0 aromatic heterocycles. The Labute approximate surface area is 186 Å². The van der Waals surface area contributed by atoms with Crippen LogP contribution in [0, 0.1) is 0 Å². The molecule has 0 unspecified atom stereocenters. The zero-order chi connectivity index (χ0) is 23.8. The quantitative estimate of drug-likeness (QED) is 0.507. The fourth-order valence-electron chi connectivity index (χ4n) is 2.48. The number of hydrogen-bond donors (Lipinski definition) is 3. The van der Waals surface area contributed by atoms with Gasteiger partial charge < -0.3 is 25.4 Å². The number of rotatable bonds is 8. The van der Waals surface area contributed by atoms with Crippen molar-refractivity contribution in [2.24, 2.45) is 0 Å². The predicted octanol–water partition coefficient (Wildman–Crippen LogP) is 3.65. The van der Waals surface area contributed by atoms with Gasteiger partial charge in [-0.3, -0.25) is 14.4 Å². The molecule has 0 saturated heterocycles. The molecule has 0 aliphatic carbocycles. The molecule has 0 aliphatic heterocycles. The molecule has 0 bridgehead atoms. The molecule has 0 heterocycles. The van der Waals surface area contributed by atoms with Crippen molar-refractivity contribution in [1.82, 2.24) is 0 Å². The van der Waals surface area contributed by atoms with Crippen LogP contribution in [-0.4, -0.2) is 36.9 Å². The van der Waals surface area contributed by atoms with Gasteiger partial charge in [-0.25, -0.2) is 4.79 Å². The number of alkyl halides is 2. The number of ether oxygens (including phenoxy) is 2. The summed E-state index contributed by atoms with van der Waals surface area (Å²) in [6.07, 6.45) is 0. The fourth-order valence-corrected chi connectivity index (χ4v) is 2.70. The van der Waals surface area contributed by atoms with Crippen LogP contribution in [0.2, 0.25) is 5.02 Å². The van der Waals surface area contributed by atoms with Crippen molar-refractivity contribution in [3.63, 3.8) is 0 Å². The van der Waals surface area contributed by atoms with E-state index in [1.54, 1.807) is 0 Å². The van der Waals surface area contributed by atoms with Crippen LogP contribution in [0.4, 0.5) is 25.8 Å². The number of hydrogen-bond acceptors (Lipinski definition) is 6. The molecule has 0 atom stereocenters. The summed E-state index contributed by atoms with van der Waals surface area (Å²) in [5.74, 6) is -2.67. The number of carbonyl (C=O) groups is 4. The van der Waals surface area contributed by atoms with Crippen LogP contribution in [0.1, 0.15) is 24.2 Å². The molecule has 0 radical (unpaired) electrons. The molecule has 2 rings (SSSR count). The first-order chi connectivity index (χ1) is 15.0. The Kier molecular flexibility index (Phi) is 8.47. The van der Waals surface area contributed by atoms with Gasteiger partial charge in [-0.05, 0) is 36.4 Å². The number of benzene rings is 2. The minimum Gasteiger partial charge on any atom is -0.452 e. The van der Waals surface area contributed by atoms with E-state index in [4.69, 9.17) is 16.3 Å². The van der Waals surface area contributed by atoms with Gasteiger partial charge in [0.1, 0.15) is 5.75 Å². The second-order valence-corrected chi connectivity index (χ2v) is 6.72. The number of carbonyl (C=O) groups excluding carboxylic acids is 4. The summed E-state index contributed by atoms with van der Waals surface area (Å²) in [5.41, 5.74) is 0.615. The molecule has 2 aromatic carbocycles. The van der Waals surface area contributed by atoms with E-state index >= 15 is 0 Å². The Hall–Kier alpha value is -3.73. The third-order valence-corrected chi connectivity index (χ3v) is 3.87. The maximum atomic E-state index is 12.3. The molecule has 0 aliphatic rings. The number of amides is 3. The molecule has 32 heavy (non-hydrogen) atoms. The number of esters is 1. The SMILES string of the molecule is CC(=O)Nc1cc(NC(C)=O)cc(C(=O)OCC(=O)Nc2ccc(OC(F)F)c(Cl)c2)c1. The highest BCUT2D eigenvalue weighted by Crippen LogP contribution is 2.29. The average Bonchev–Trinajstić information content (AvgIpc) is 2.66. The normalized spacial score (nSPS) is 10.3. The highest BCUT2D eigenvalue weighted by molar-refractivity contribution is 6.32. The van der Waals surface area contributed by atoms with Crippen molar-refractivity contribution in [2.45, 2.75) is 20.5 Å². The van der Waals surface area contributed by atoms with E-state index in [1.807, 2.05) is 0 Å². The van der Waals surface area contributed by atoms with Crippen molar-refractivity contribution in [3.8, 4) is 5.75 Å². The van der Waals surface area contributed by atoms with Gasteiger partial charge in [0.05, 0.1) is 10.6 Å². The highest BCUT2D eigenvalue weighted by Gasteiger charge is 2.15. The van der Waals surface area contributed by atoms with Crippen LogP contribution in [0.25, 0.3) is 0 Å². The minimum atomic E-state index is -3.05. The molecule has 3 amide bonds. The molecule has 170 valence electrons. The summed E-state index contributed by atoms with van der Waals surface area (Å²) in [4.78, 5) is 47.0. The topological polar surface area (TPSA) is 123 Å². The van der Waals surface area contributed by atoms with Crippen molar-refractivity contribution >= 4 is 52.4 Å². The molecule has 0 spiro atoms. The van der Waals surface area contributed by atoms with Crippen molar-refractivity contribution in [3.05, 3.63) is 47.0 Å². The molecule has 2 aromatic rings. The Morgan fingerprint density at radius 1 is 0.906 bits per heavy atom. The fraction of sp³-hybridized carbons (Fsp3) is 0.200. The molecule has 0 saturated carbocycles. The van der Waals surface area contributed by atoms with Gasteiger partial charge in [0.2, 0.25) is 11.8 Å². The molecule has 9 nitrogen and oxygen atoms in total. The van der Waals surface area contributed by atoms with Crippen LogP contribution in [-0.2, 0) is 19.1 Å². The molecule has 3 N–H and O–H groups in total. The van der Waals surface area contributed by atoms with E-state index in [0.717, 1.165) is 6.07 Å². The zero-order valence-corrected chi connectivity index (χ0v) is 17.6. The Bertz CT molecular complexity index is 1010. The van der Waals surface area contributed by atoms with Crippen molar-refractivity contribution < 1.29 is 37.4 Å². The van der Waals surface area contributed by atoms with E-state index < -0.39 is 36.9 Å². The van der Waals surface area contributed by atoms with Gasteiger partial charge in [0.25, 0.3) is 5.91 Å². The summed E-state index contributed by atoms with van der Waals surface area (Å²) < 4.78 is 33.7. The van der Waals surface area contributed by atoms with Gasteiger partial charge in [-0.1, -0.05) is 11.6 Å². The summed E-state index contributed by atoms with van der Waals surface area (Å²) in [7, 11) is 0. The monoisotopic (exact) mass is 469 g/mol. The van der Waals surface area contributed by atoms with Gasteiger partial charge in [0, 0.05) is 30.9 Å². The number of halogens is 3. The lowest BCUT2D eigenvalue weighted by atomic mass is 10.1. The maximum absolute atomic E-state index is 12.3. The van der Waals surface area contributed by atoms with Gasteiger partial charge in [-0.15, -0.1) is 0 Å². The average molecular weight is 470 g/mol. The van der Waals surface area contributed by atoms with Crippen LogP contribution in [0.15, 0.2) is 36.4 Å². The molecular formula is C20H18ClF2N3O6. The zero-order valence-electron chi connectivity index (χ0n) is 16.8. The minimum absolute atomic E-state index is 0.0238. The Morgan fingerprint density at radius 3 is 2.00 bits per heavy atom. The van der Waals surface area contributed by atoms with E-state index in [9.17, 15) is 28.0 Å². The summed E-state index contributed by atoms with van der Waals surface area (Å²) >= 11 is 5.81. The van der Waals surface area contributed by atoms with E-state index in [-0.39, 0.29) is 33.4 Å². The lowest BCUT2D eigenvalue weighted by Gasteiger charge is -2.11. The summed E-state index contributed by atoms with van der Waals surface area (Å²) in [6, 6.07) is 7.68. The standard InChI is InChI=1S/C20H18ClF2N3O6/c1-10(27)24-14-5-12(6-15(7-14)25-11(2)28)19(30)31-9-18(29)26-13-3-4-17(16(21)8-13)32-20(22)23/h3-8,20H,9H2,1-2H3,(H,24,27)(H,25,28)(H,26,29). The smallest absolute Gasteiger partial charge is 0.387 e. The van der Waals surface area contributed by atoms with Crippen molar-refractivity contribution in [2.75, 3.05) is 22.6 Å². The number of nitrogens with one attached hydrogen (secondary N) is 3. The largest absolute Gasteiger partial charge is 0.452 e. The Morgan fingerprint density at radius 2 is 1.50 bits per heavy atom. The molecular weight excluding hydrogens is 452 g/mol. The number of anilines is 3. The van der Waals surface area contributed by atoms with Crippen LogP contribution >= 0.6 is 11.6 Å². The van der Waals surface area contributed by atoms with Crippen LogP contribution < -0.4 is 20.7 Å². The van der Waals surface area contributed by atoms with Crippen LogP contribution in [0.5, 0.6) is 5.75 Å². The predicted molar refractivity (Wildman–Crippen MR) is 112 cm³/mol. The Balaban J connectivity index is 2.03. The summed E-state index contributed by atoms with van der Waals surface area (Å²) in [6.45, 7) is -1.19. The first kappa shape index (κ1) is 24.5. The molecule has 0 fully saturated rings. The van der Waals surface area contributed by atoms with Crippen LogP contribution in [0.3, 0.4) is 0 Å². The first-order valence-electron chi connectivity index (χ1n) is 8.95. The first-order valence-corrected chi connectivity index (χ1v) is 9.33. The summed E-state index contributed by atoms with van der Waals surface area (Å²) in [5, 5.41) is 7.21. The maximum Gasteiger partial charge on any atom is 0.387 e. The van der Waals surface area contributed by atoms with Gasteiger partial charge in [-0.2, -0.15) is 8.78 Å². The second kappa shape index (κ2) is 11.0. The third kappa shape index (κ3) is 7.84. The second-order valence-electron chi connectivity index (χ2n) is 6.31. The lowest BCUT2D eigenvalue weighted by molar-refractivity contribution is -0.119. The van der Waals surface area contributed by atoms with Gasteiger partial charge in [0.15, 0.2) is 6.61 Å². The highest BCUT2D eigenvalue weighted by atomic mass is 35.5. The molecule has 12 heteroatoms. The van der Waals surface area contributed by atoms with Crippen molar-refractivity contribution in [1.29, 1.82) is 0 Å². The van der Waals surface area contributed by atoms with E-state index in [2.05, 4.69) is 20.7 Å².